The zero-order chi connectivity index (χ0) is 17.6. The highest BCUT2D eigenvalue weighted by molar-refractivity contribution is 5.86. The van der Waals surface area contributed by atoms with E-state index in [1.807, 2.05) is 0 Å². The molecule has 0 heterocycles. The summed E-state index contributed by atoms with van der Waals surface area (Å²) >= 11 is 0. The molecular weight excluding hydrogens is 315 g/mol. The maximum Gasteiger partial charge on any atom is 0.573 e. The molecule has 6 nitrogen and oxygen atoms in total. The van der Waals surface area contributed by atoms with E-state index in [0.717, 1.165) is 6.07 Å². The average molecular weight is 333 g/mol. The summed E-state index contributed by atoms with van der Waals surface area (Å²) in [6.07, 6.45) is -4.83. The molecular formula is C14H18F3N3O3. The first-order valence-corrected chi connectivity index (χ1v) is 6.77. The van der Waals surface area contributed by atoms with Crippen LogP contribution in [0.15, 0.2) is 24.3 Å². The summed E-state index contributed by atoms with van der Waals surface area (Å²) in [5.74, 6) is -1.20. The summed E-state index contributed by atoms with van der Waals surface area (Å²) in [6.45, 7) is 3.20. The summed E-state index contributed by atoms with van der Waals surface area (Å²) in [6, 6.07) is 3.71. The summed E-state index contributed by atoms with van der Waals surface area (Å²) in [7, 11) is 0. The average Bonchev–Trinajstić information content (AvgIpc) is 2.41. The summed E-state index contributed by atoms with van der Waals surface area (Å²) < 4.78 is 40.9. The molecule has 9 heteroatoms. The molecule has 0 saturated heterocycles. The van der Waals surface area contributed by atoms with Gasteiger partial charge in [0, 0.05) is 12.1 Å². The van der Waals surface area contributed by atoms with Crippen molar-refractivity contribution in [3.63, 3.8) is 0 Å². The predicted octanol–water partition coefficient (Wildman–Crippen LogP) is 1.89. The van der Waals surface area contributed by atoms with Gasteiger partial charge in [0.1, 0.15) is 11.8 Å². The highest BCUT2D eigenvalue weighted by atomic mass is 19.4. The molecule has 0 unspecified atom stereocenters. The number of carbonyl (C=O) groups excluding carboxylic acids is 2. The van der Waals surface area contributed by atoms with Crippen molar-refractivity contribution in [2.24, 2.45) is 11.7 Å². The summed E-state index contributed by atoms with van der Waals surface area (Å²) in [5, 5.41) is 4.74. The maximum atomic E-state index is 12.3. The fourth-order valence-corrected chi connectivity index (χ4v) is 1.85. The number of hydrogen-bond acceptors (Lipinski definition) is 3. The second kappa shape index (κ2) is 7.70. The minimum Gasteiger partial charge on any atom is -0.405 e. The molecule has 3 amide bonds. The number of ether oxygens (including phenoxy) is 1. The molecule has 0 aliphatic heterocycles. The number of hydrogen-bond donors (Lipinski definition) is 3. The van der Waals surface area contributed by atoms with E-state index in [9.17, 15) is 22.8 Å². The number of alkyl halides is 3. The van der Waals surface area contributed by atoms with Gasteiger partial charge in [-0.15, -0.1) is 13.2 Å². The second-order valence-corrected chi connectivity index (χ2v) is 5.10. The number of para-hydroxylation sites is 1. The van der Waals surface area contributed by atoms with Crippen LogP contribution >= 0.6 is 0 Å². The van der Waals surface area contributed by atoms with Crippen LogP contribution in [-0.2, 0) is 11.3 Å². The Hall–Kier alpha value is -2.45. The van der Waals surface area contributed by atoms with E-state index in [1.165, 1.54) is 18.2 Å². The van der Waals surface area contributed by atoms with Crippen molar-refractivity contribution in [1.82, 2.24) is 10.6 Å². The number of halogens is 3. The van der Waals surface area contributed by atoms with E-state index in [2.05, 4.69) is 15.4 Å². The van der Waals surface area contributed by atoms with Gasteiger partial charge >= 0.3 is 12.4 Å². The number of nitrogens with two attached hydrogens (primary N) is 1. The van der Waals surface area contributed by atoms with Gasteiger partial charge < -0.3 is 21.1 Å². The fourth-order valence-electron chi connectivity index (χ4n) is 1.85. The van der Waals surface area contributed by atoms with Crippen LogP contribution in [0.3, 0.4) is 0 Å². The quantitative estimate of drug-likeness (QED) is 0.742. The van der Waals surface area contributed by atoms with Crippen molar-refractivity contribution in [2.75, 3.05) is 0 Å². The van der Waals surface area contributed by atoms with Crippen molar-refractivity contribution in [3.05, 3.63) is 29.8 Å². The normalized spacial score (nSPS) is 12.6. The first-order valence-electron chi connectivity index (χ1n) is 6.77. The Labute approximate surface area is 131 Å². The molecule has 0 saturated carbocycles. The maximum absolute atomic E-state index is 12.3. The minimum absolute atomic E-state index is 0.153. The predicted molar refractivity (Wildman–Crippen MR) is 76.3 cm³/mol. The Balaban J connectivity index is 2.77. The molecule has 23 heavy (non-hydrogen) atoms. The van der Waals surface area contributed by atoms with E-state index >= 15 is 0 Å². The number of nitrogens with one attached hydrogen (secondary N) is 2. The molecule has 0 radical (unpaired) electrons. The van der Waals surface area contributed by atoms with Gasteiger partial charge in [-0.25, -0.2) is 4.79 Å². The SMILES string of the molecule is CC(C)[C@@H](NC(N)=O)C(=O)NCc1ccccc1OC(F)(F)F. The monoisotopic (exact) mass is 333 g/mol. The Morgan fingerprint density at radius 3 is 2.39 bits per heavy atom. The van der Waals surface area contributed by atoms with Crippen LogP contribution in [0, 0.1) is 5.92 Å². The zero-order valence-electron chi connectivity index (χ0n) is 12.6. The van der Waals surface area contributed by atoms with Crippen LogP contribution in [0.25, 0.3) is 0 Å². The minimum atomic E-state index is -4.83. The van der Waals surface area contributed by atoms with E-state index in [0.29, 0.717) is 0 Å². The molecule has 1 rings (SSSR count). The van der Waals surface area contributed by atoms with Crippen molar-refractivity contribution in [1.29, 1.82) is 0 Å². The molecule has 0 aliphatic carbocycles. The van der Waals surface area contributed by atoms with Crippen LogP contribution in [0.2, 0.25) is 0 Å². The third kappa shape index (κ3) is 6.45. The molecule has 1 aromatic rings. The molecule has 0 aliphatic rings. The fraction of sp³-hybridized carbons (Fsp3) is 0.429. The number of amides is 3. The Bertz CT molecular complexity index is 562. The highest BCUT2D eigenvalue weighted by Crippen LogP contribution is 2.26. The largest absolute Gasteiger partial charge is 0.573 e. The van der Waals surface area contributed by atoms with E-state index in [-0.39, 0.29) is 18.0 Å². The lowest BCUT2D eigenvalue weighted by Crippen LogP contribution is -2.51. The van der Waals surface area contributed by atoms with Crippen LogP contribution in [0.1, 0.15) is 19.4 Å². The number of primary amides is 1. The van der Waals surface area contributed by atoms with Gasteiger partial charge in [0.15, 0.2) is 0 Å². The summed E-state index contributed by atoms with van der Waals surface area (Å²) in [4.78, 5) is 22.9. The third-order valence-corrected chi connectivity index (χ3v) is 2.90. The Morgan fingerprint density at radius 2 is 1.87 bits per heavy atom. The van der Waals surface area contributed by atoms with E-state index in [1.54, 1.807) is 13.8 Å². The lowest BCUT2D eigenvalue weighted by molar-refractivity contribution is -0.274. The van der Waals surface area contributed by atoms with Gasteiger partial charge in [-0.3, -0.25) is 4.79 Å². The van der Waals surface area contributed by atoms with Crippen molar-refractivity contribution >= 4 is 11.9 Å². The van der Waals surface area contributed by atoms with Crippen LogP contribution in [-0.4, -0.2) is 24.3 Å². The standard InChI is InChI=1S/C14H18F3N3O3/c1-8(2)11(20-13(18)22)12(21)19-7-9-5-3-4-6-10(9)23-14(15,16)17/h3-6,8,11H,7H2,1-2H3,(H,19,21)(H3,18,20,22)/t11-/m1/s1. The number of rotatable bonds is 6. The van der Waals surface area contributed by atoms with Gasteiger partial charge in [-0.2, -0.15) is 0 Å². The first-order chi connectivity index (χ1) is 10.6. The molecule has 0 bridgehead atoms. The third-order valence-electron chi connectivity index (χ3n) is 2.90. The molecule has 0 spiro atoms. The topological polar surface area (TPSA) is 93.5 Å². The molecule has 1 aromatic carbocycles. The van der Waals surface area contributed by atoms with Gasteiger partial charge in [0.05, 0.1) is 0 Å². The van der Waals surface area contributed by atoms with Gasteiger partial charge in [-0.05, 0) is 12.0 Å². The molecule has 1 atom stereocenters. The number of urea groups is 1. The molecule has 128 valence electrons. The smallest absolute Gasteiger partial charge is 0.405 e. The van der Waals surface area contributed by atoms with Crippen LogP contribution in [0.4, 0.5) is 18.0 Å². The van der Waals surface area contributed by atoms with Crippen LogP contribution in [0.5, 0.6) is 5.75 Å². The van der Waals surface area contributed by atoms with Crippen LogP contribution < -0.4 is 21.1 Å². The van der Waals surface area contributed by atoms with Gasteiger partial charge in [0.25, 0.3) is 0 Å². The zero-order valence-corrected chi connectivity index (χ0v) is 12.6. The number of carbonyl (C=O) groups is 2. The Kier molecular flexibility index (Phi) is 6.23. The molecule has 4 N–H and O–H groups in total. The van der Waals surface area contributed by atoms with Crippen molar-refractivity contribution in [3.8, 4) is 5.75 Å². The van der Waals surface area contributed by atoms with E-state index < -0.39 is 30.1 Å². The summed E-state index contributed by atoms with van der Waals surface area (Å²) in [5.41, 5.74) is 5.15. The first kappa shape index (κ1) is 18.6. The van der Waals surface area contributed by atoms with Crippen molar-refractivity contribution < 1.29 is 27.5 Å². The molecule has 0 aromatic heterocycles. The lowest BCUT2D eigenvalue weighted by Gasteiger charge is -2.21. The second-order valence-electron chi connectivity index (χ2n) is 5.10. The van der Waals surface area contributed by atoms with Gasteiger partial charge in [0.2, 0.25) is 5.91 Å². The highest BCUT2D eigenvalue weighted by Gasteiger charge is 2.32. The van der Waals surface area contributed by atoms with Gasteiger partial charge in [-0.1, -0.05) is 32.0 Å². The number of benzene rings is 1. The lowest BCUT2D eigenvalue weighted by atomic mass is 10.0. The van der Waals surface area contributed by atoms with E-state index in [4.69, 9.17) is 5.73 Å². The Morgan fingerprint density at radius 1 is 1.26 bits per heavy atom. The molecule has 0 fully saturated rings. The van der Waals surface area contributed by atoms with Crippen molar-refractivity contribution in [2.45, 2.75) is 32.8 Å².